The SMILES string of the molecule is CCOC(=O)C1=C(CN2CCN(c3ccc(F)cc3)CC2)NC(=O)NC1c1ccccc1Cl. The van der Waals surface area contributed by atoms with Gasteiger partial charge in [-0.2, -0.15) is 0 Å². The zero-order valence-corrected chi connectivity index (χ0v) is 19.1. The molecule has 2 heterocycles. The number of piperazine rings is 1. The molecule has 1 unspecified atom stereocenters. The maximum absolute atomic E-state index is 13.2. The molecule has 0 radical (unpaired) electrons. The minimum absolute atomic E-state index is 0.217. The van der Waals surface area contributed by atoms with E-state index in [4.69, 9.17) is 16.3 Å². The van der Waals surface area contributed by atoms with Crippen LogP contribution < -0.4 is 15.5 Å². The van der Waals surface area contributed by atoms with Gasteiger partial charge in [-0.25, -0.2) is 14.0 Å². The monoisotopic (exact) mass is 472 g/mol. The summed E-state index contributed by atoms with van der Waals surface area (Å²) in [5, 5.41) is 6.08. The standard InChI is InChI=1S/C24H26ClFN4O3/c1-2-33-23(31)21-20(27-24(32)28-22(21)18-5-3-4-6-19(18)25)15-29-11-13-30(14-12-29)17-9-7-16(26)8-10-17/h3-10,22H,2,11-15H2,1H3,(H2,27,28,32). The number of nitrogens with one attached hydrogen (secondary N) is 2. The second-order valence-corrected chi connectivity index (χ2v) is 8.31. The Morgan fingerprint density at radius 1 is 1.12 bits per heavy atom. The first-order valence-corrected chi connectivity index (χ1v) is 11.3. The lowest BCUT2D eigenvalue weighted by atomic mass is 9.94. The van der Waals surface area contributed by atoms with Gasteiger partial charge in [0.15, 0.2) is 0 Å². The summed E-state index contributed by atoms with van der Waals surface area (Å²) >= 11 is 6.39. The molecule has 33 heavy (non-hydrogen) atoms. The number of anilines is 1. The Bertz CT molecular complexity index is 1050. The molecule has 0 aromatic heterocycles. The molecule has 2 N–H and O–H groups in total. The van der Waals surface area contributed by atoms with Crippen LogP contribution >= 0.6 is 11.6 Å². The van der Waals surface area contributed by atoms with Gasteiger partial charge in [0.05, 0.1) is 18.2 Å². The Hall–Kier alpha value is -3.10. The molecule has 4 rings (SSSR count). The van der Waals surface area contributed by atoms with E-state index in [1.165, 1.54) is 12.1 Å². The molecule has 0 saturated carbocycles. The van der Waals surface area contributed by atoms with Gasteiger partial charge < -0.3 is 20.3 Å². The van der Waals surface area contributed by atoms with Gasteiger partial charge in [0.1, 0.15) is 5.82 Å². The predicted octanol–water partition coefficient (Wildman–Crippen LogP) is 3.47. The van der Waals surface area contributed by atoms with Crippen molar-refractivity contribution in [2.24, 2.45) is 0 Å². The van der Waals surface area contributed by atoms with E-state index in [0.29, 0.717) is 28.4 Å². The van der Waals surface area contributed by atoms with Crippen molar-refractivity contribution in [3.63, 3.8) is 0 Å². The summed E-state index contributed by atoms with van der Waals surface area (Å²) in [6.45, 7) is 5.27. The molecule has 0 spiro atoms. The van der Waals surface area contributed by atoms with Crippen molar-refractivity contribution in [2.75, 3.05) is 44.2 Å². The number of nitrogens with zero attached hydrogens (tertiary/aromatic N) is 2. The molecule has 0 aliphatic carbocycles. The lowest BCUT2D eigenvalue weighted by Crippen LogP contribution is -2.51. The fraction of sp³-hybridized carbons (Fsp3) is 0.333. The van der Waals surface area contributed by atoms with Crippen molar-refractivity contribution in [1.29, 1.82) is 0 Å². The Balaban J connectivity index is 1.56. The maximum Gasteiger partial charge on any atom is 0.338 e. The highest BCUT2D eigenvalue weighted by molar-refractivity contribution is 6.31. The average Bonchev–Trinajstić information content (AvgIpc) is 2.80. The topological polar surface area (TPSA) is 73.9 Å². The summed E-state index contributed by atoms with van der Waals surface area (Å²) in [4.78, 5) is 29.8. The number of hydrogen-bond acceptors (Lipinski definition) is 5. The van der Waals surface area contributed by atoms with Gasteiger partial charge in [0, 0.05) is 49.1 Å². The number of esters is 1. The number of hydrogen-bond donors (Lipinski definition) is 2. The van der Waals surface area contributed by atoms with E-state index >= 15 is 0 Å². The summed E-state index contributed by atoms with van der Waals surface area (Å²) in [7, 11) is 0. The van der Waals surface area contributed by atoms with Crippen molar-refractivity contribution >= 4 is 29.3 Å². The fourth-order valence-corrected chi connectivity index (χ4v) is 4.42. The van der Waals surface area contributed by atoms with E-state index in [0.717, 1.165) is 31.9 Å². The van der Waals surface area contributed by atoms with Crippen LogP contribution in [0.25, 0.3) is 0 Å². The summed E-state index contributed by atoms with van der Waals surface area (Å²) in [5.74, 6) is -0.750. The van der Waals surface area contributed by atoms with Crippen LogP contribution in [0.5, 0.6) is 0 Å². The molecule has 1 fully saturated rings. The number of carbonyl (C=O) groups excluding carboxylic acids is 2. The number of carbonyl (C=O) groups is 2. The Morgan fingerprint density at radius 2 is 1.82 bits per heavy atom. The summed E-state index contributed by atoms with van der Waals surface area (Å²) in [6, 6.07) is 12.5. The molecular formula is C24H26ClFN4O3. The van der Waals surface area contributed by atoms with Gasteiger partial charge in [-0.1, -0.05) is 29.8 Å². The first-order chi connectivity index (χ1) is 16.0. The number of rotatable bonds is 6. The minimum atomic E-state index is -0.706. The quantitative estimate of drug-likeness (QED) is 0.630. The lowest BCUT2D eigenvalue weighted by Gasteiger charge is -2.38. The molecule has 0 bridgehead atoms. The van der Waals surface area contributed by atoms with Gasteiger partial charge in [-0.15, -0.1) is 0 Å². The van der Waals surface area contributed by atoms with Crippen LogP contribution in [0.1, 0.15) is 18.5 Å². The molecule has 9 heteroatoms. The number of halogens is 2. The predicted molar refractivity (Wildman–Crippen MR) is 125 cm³/mol. The van der Waals surface area contributed by atoms with Gasteiger partial charge in [0.2, 0.25) is 0 Å². The molecule has 2 aromatic rings. The first kappa shape index (κ1) is 23.1. The fourth-order valence-electron chi connectivity index (χ4n) is 4.17. The minimum Gasteiger partial charge on any atom is -0.463 e. The van der Waals surface area contributed by atoms with Crippen LogP contribution in [0.15, 0.2) is 59.8 Å². The second-order valence-electron chi connectivity index (χ2n) is 7.91. The maximum atomic E-state index is 13.2. The van der Waals surface area contributed by atoms with Crippen LogP contribution in [-0.2, 0) is 9.53 Å². The molecule has 174 valence electrons. The molecule has 2 aliphatic rings. The van der Waals surface area contributed by atoms with Crippen LogP contribution in [0.4, 0.5) is 14.9 Å². The number of ether oxygens (including phenoxy) is 1. The van der Waals surface area contributed by atoms with E-state index in [9.17, 15) is 14.0 Å². The van der Waals surface area contributed by atoms with E-state index in [1.54, 1.807) is 37.3 Å². The number of urea groups is 1. The first-order valence-electron chi connectivity index (χ1n) is 10.9. The zero-order chi connectivity index (χ0) is 23.4. The van der Waals surface area contributed by atoms with Crippen molar-refractivity contribution in [2.45, 2.75) is 13.0 Å². The van der Waals surface area contributed by atoms with Gasteiger partial charge >= 0.3 is 12.0 Å². The van der Waals surface area contributed by atoms with E-state index in [-0.39, 0.29) is 12.4 Å². The van der Waals surface area contributed by atoms with Crippen molar-refractivity contribution < 1.29 is 18.7 Å². The highest BCUT2D eigenvalue weighted by Gasteiger charge is 2.35. The third-order valence-electron chi connectivity index (χ3n) is 5.81. The average molecular weight is 473 g/mol. The summed E-state index contributed by atoms with van der Waals surface area (Å²) < 4.78 is 18.6. The highest BCUT2D eigenvalue weighted by atomic mass is 35.5. The normalized spacial score (nSPS) is 19.2. The third kappa shape index (κ3) is 5.29. The molecule has 7 nitrogen and oxygen atoms in total. The van der Waals surface area contributed by atoms with Crippen LogP contribution in [0.2, 0.25) is 5.02 Å². The molecule has 1 atom stereocenters. The van der Waals surface area contributed by atoms with Gasteiger partial charge in [-0.3, -0.25) is 4.90 Å². The zero-order valence-electron chi connectivity index (χ0n) is 18.3. The number of benzene rings is 2. The summed E-state index contributed by atoms with van der Waals surface area (Å²) in [5.41, 5.74) is 2.47. The lowest BCUT2D eigenvalue weighted by molar-refractivity contribution is -0.139. The van der Waals surface area contributed by atoms with Gasteiger partial charge in [0.25, 0.3) is 0 Å². The Morgan fingerprint density at radius 3 is 2.48 bits per heavy atom. The molecular weight excluding hydrogens is 447 g/mol. The van der Waals surface area contributed by atoms with E-state index in [1.807, 2.05) is 6.07 Å². The van der Waals surface area contributed by atoms with Crippen molar-refractivity contribution in [1.82, 2.24) is 15.5 Å². The van der Waals surface area contributed by atoms with E-state index < -0.39 is 18.0 Å². The Labute approximate surface area is 197 Å². The van der Waals surface area contributed by atoms with Crippen LogP contribution in [0, 0.1) is 5.82 Å². The third-order valence-corrected chi connectivity index (χ3v) is 6.16. The Kier molecular flexibility index (Phi) is 7.15. The highest BCUT2D eigenvalue weighted by Crippen LogP contribution is 2.32. The number of amides is 2. The molecule has 2 amide bonds. The smallest absolute Gasteiger partial charge is 0.338 e. The molecule has 2 aliphatic heterocycles. The van der Waals surface area contributed by atoms with Crippen molar-refractivity contribution in [3.05, 3.63) is 76.2 Å². The molecule has 1 saturated heterocycles. The largest absolute Gasteiger partial charge is 0.463 e. The van der Waals surface area contributed by atoms with E-state index in [2.05, 4.69) is 20.4 Å². The van der Waals surface area contributed by atoms with Crippen molar-refractivity contribution in [3.8, 4) is 0 Å². The van der Waals surface area contributed by atoms with Gasteiger partial charge in [-0.05, 0) is 42.8 Å². The van der Waals surface area contributed by atoms with Crippen LogP contribution in [0.3, 0.4) is 0 Å². The molecule has 2 aromatic carbocycles. The second kappa shape index (κ2) is 10.2. The summed E-state index contributed by atoms with van der Waals surface area (Å²) in [6.07, 6.45) is 0. The van der Waals surface area contributed by atoms with Crippen LogP contribution in [-0.4, -0.2) is 56.2 Å².